The van der Waals surface area contributed by atoms with Crippen molar-refractivity contribution in [1.82, 2.24) is 0 Å². The lowest BCUT2D eigenvalue weighted by Gasteiger charge is -2.16. The molecule has 1 saturated carbocycles. The van der Waals surface area contributed by atoms with E-state index >= 15 is 0 Å². The number of unbranched alkanes of at least 4 members (excludes halogenated alkanes) is 1. The zero-order chi connectivity index (χ0) is 37.2. The number of aliphatic hydroxyl groups is 1. The van der Waals surface area contributed by atoms with Crippen molar-refractivity contribution in [2.24, 2.45) is 29.6 Å². The highest BCUT2D eigenvalue weighted by atomic mass is 19.1. The molecule has 0 aromatic carbocycles. The van der Waals surface area contributed by atoms with Gasteiger partial charge in [0.05, 0.1) is 11.7 Å². The Morgan fingerprint density at radius 2 is 0.957 bits per heavy atom. The second kappa shape index (κ2) is 37.6. The highest BCUT2D eigenvalue weighted by Gasteiger charge is 2.12. The fourth-order valence-corrected chi connectivity index (χ4v) is 2.37. The second-order valence-electron chi connectivity index (χ2n) is 16.5. The Kier molecular flexibility index (Phi) is 45.1. The molecule has 3 heterocycles. The van der Waals surface area contributed by atoms with Gasteiger partial charge >= 0.3 is 0 Å². The van der Waals surface area contributed by atoms with Gasteiger partial charge in [-0.25, -0.2) is 4.39 Å². The Bertz CT molecular complexity index is 475. The van der Waals surface area contributed by atoms with Gasteiger partial charge in [-0.05, 0) is 110 Å². The van der Waals surface area contributed by atoms with E-state index in [4.69, 9.17) is 19.3 Å². The van der Waals surface area contributed by atoms with Crippen molar-refractivity contribution >= 4 is 0 Å². The monoisotopic (exact) mass is 667 g/mol. The van der Waals surface area contributed by atoms with Gasteiger partial charge in [-0.15, -0.1) is 0 Å². The van der Waals surface area contributed by atoms with Crippen molar-refractivity contribution in [2.45, 2.75) is 206 Å². The molecule has 4 rings (SSSR count). The van der Waals surface area contributed by atoms with Crippen LogP contribution in [0.25, 0.3) is 0 Å². The van der Waals surface area contributed by atoms with Gasteiger partial charge in [-0.2, -0.15) is 0 Å². The van der Waals surface area contributed by atoms with Crippen LogP contribution in [0.4, 0.5) is 4.39 Å². The Balaban J connectivity index is -0.000000138. The molecule has 4 fully saturated rings. The molecule has 3 saturated heterocycles. The Labute approximate surface area is 292 Å². The summed E-state index contributed by atoms with van der Waals surface area (Å²) in [6.07, 6.45) is 13.8. The van der Waals surface area contributed by atoms with E-state index in [0.29, 0.717) is 6.10 Å². The van der Waals surface area contributed by atoms with Crippen LogP contribution >= 0.6 is 0 Å². The normalized spacial score (nSPS) is 20.2. The lowest BCUT2D eigenvalue weighted by molar-refractivity contribution is 0.0716. The molecule has 0 bridgehead atoms. The molecule has 0 amide bonds. The minimum absolute atomic E-state index is 0.500. The molecule has 0 spiro atoms. The Morgan fingerprint density at radius 3 is 1.04 bits per heavy atom. The number of hydrogen-bond acceptors (Lipinski definition) is 4. The molecular weight excluding hydrogens is 575 g/mol. The van der Waals surface area contributed by atoms with E-state index in [1.54, 1.807) is 20.8 Å². The van der Waals surface area contributed by atoms with Gasteiger partial charge in [-0.3, -0.25) is 0 Å². The molecule has 4 aliphatic rings. The molecule has 4 nitrogen and oxygen atoms in total. The highest BCUT2D eigenvalue weighted by molar-refractivity contribution is 4.65. The summed E-state index contributed by atoms with van der Waals surface area (Å²) in [5, 5.41) is 8.52. The molecule has 286 valence electrons. The van der Waals surface area contributed by atoms with Gasteiger partial charge in [-0.1, -0.05) is 108 Å². The molecule has 2 unspecified atom stereocenters. The van der Waals surface area contributed by atoms with Crippen molar-refractivity contribution in [1.29, 1.82) is 0 Å². The van der Waals surface area contributed by atoms with Gasteiger partial charge in [0.25, 0.3) is 0 Å². The van der Waals surface area contributed by atoms with Gasteiger partial charge in [0.2, 0.25) is 0 Å². The predicted molar refractivity (Wildman–Crippen MR) is 206 cm³/mol. The summed E-state index contributed by atoms with van der Waals surface area (Å²) in [6.45, 7) is 41.1. The van der Waals surface area contributed by atoms with Crippen LogP contribution in [0.15, 0.2) is 0 Å². The van der Waals surface area contributed by atoms with Gasteiger partial charge in [0.15, 0.2) is 0 Å². The van der Waals surface area contributed by atoms with Crippen LogP contribution in [0.1, 0.15) is 189 Å². The summed E-state index contributed by atoms with van der Waals surface area (Å²) in [7, 11) is 0. The quantitative estimate of drug-likeness (QED) is 0.319. The number of alkyl halides is 1. The van der Waals surface area contributed by atoms with Crippen LogP contribution < -0.4 is 0 Å². The van der Waals surface area contributed by atoms with E-state index in [9.17, 15) is 4.39 Å². The Hall–Kier alpha value is -0.230. The zero-order valence-corrected chi connectivity index (χ0v) is 35.1. The SMILES string of the molecule is CC(C)(C)F.CC(C)(C)O.CC(C)C.CC1CC1.CC1CCCO1.CC1CCOC1.CC1CCOCC1.CCC(C)C.CCCC. The van der Waals surface area contributed by atoms with Crippen molar-refractivity contribution in [3.63, 3.8) is 0 Å². The Morgan fingerprint density at radius 1 is 0.630 bits per heavy atom. The third-order valence-corrected chi connectivity index (χ3v) is 6.01. The second-order valence-corrected chi connectivity index (χ2v) is 16.5. The van der Waals surface area contributed by atoms with Crippen molar-refractivity contribution in [2.75, 3.05) is 33.0 Å². The molecule has 1 N–H and O–H groups in total. The average Bonchev–Trinajstić information content (AvgIpc) is 3.30. The summed E-state index contributed by atoms with van der Waals surface area (Å²) >= 11 is 0. The number of hydrogen-bond donors (Lipinski definition) is 1. The van der Waals surface area contributed by atoms with Gasteiger partial charge < -0.3 is 19.3 Å². The maximum atomic E-state index is 11.7. The van der Waals surface area contributed by atoms with Crippen LogP contribution in [-0.2, 0) is 14.2 Å². The average molecular weight is 667 g/mol. The molecule has 3 aliphatic heterocycles. The number of ether oxygens (including phenoxy) is 3. The third kappa shape index (κ3) is 104. The van der Waals surface area contributed by atoms with E-state index in [1.807, 2.05) is 0 Å². The topological polar surface area (TPSA) is 47.9 Å². The zero-order valence-electron chi connectivity index (χ0n) is 35.1. The molecule has 0 radical (unpaired) electrons. The van der Waals surface area contributed by atoms with Crippen molar-refractivity contribution < 1.29 is 23.7 Å². The van der Waals surface area contributed by atoms with E-state index in [1.165, 1.54) is 85.0 Å². The highest BCUT2D eigenvalue weighted by Crippen LogP contribution is 2.26. The van der Waals surface area contributed by atoms with Crippen molar-refractivity contribution in [3.05, 3.63) is 0 Å². The minimum atomic E-state index is -1.00. The van der Waals surface area contributed by atoms with Gasteiger partial charge in [0, 0.05) is 33.0 Å². The largest absolute Gasteiger partial charge is 0.391 e. The van der Waals surface area contributed by atoms with Crippen molar-refractivity contribution in [3.8, 4) is 0 Å². The summed E-state index contributed by atoms with van der Waals surface area (Å²) in [4.78, 5) is 0. The van der Waals surface area contributed by atoms with E-state index in [-0.39, 0.29) is 0 Å². The standard InChI is InChI=1S/C6H12O.2C5H10O.C5H12.C4H9F.C4H10O.C4H8.2C4H10/c1-6-2-4-7-5-3-6;1-5-2-3-6-4-5;1-5-3-2-4-6-5;1-4-5(2)3;2*1-4(2,3)5;1-4-2-3-4;1-4(2)3;1-3-4-2/h6H,2-5H2,1H3;2*5H,2-4H2,1H3;5H,4H2,1-3H3;1-3H3;5H,1-3H3;4H,2-3H2,1H3;4H,1-3H3;3-4H2,1-2H3. The molecule has 0 aromatic heterocycles. The van der Waals surface area contributed by atoms with Crippen LogP contribution in [0.5, 0.6) is 0 Å². The van der Waals surface area contributed by atoms with Crippen LogP contribution in [0, 0.1) is 29.6 Å². The first kappa shape index (κ1) is 55.2. The van der Waals surface area contributed by atoms with E-state index in [0.717, 1.165) is 62.6 Å². The predicted octanol–water partition coefficient (Wildman–Crippen LogP) is 13.1. The van der Waals surface area contributed by atoms with Crippen LogP contribution in [-0.4, -0.2) is 55.5 Å². The molecule has 46 heavy (non-hydrogen) atoms. The minimum Gasteiger partial charge on any atom is -0.391 e. The van der Waals surface area contributed by atoms with E-state index in [2.05, 4.69) is 83.1 Å². The summed E-state index contributed by atoms with van der Waals surface area (Å²) in [5.41, 5.74) is -1.50. The summed E-state index contributed by atoms with van der Waals surface area (Å²) in [6, 6.07) is 0. The van der Waals surface area contributed by atoms with E-state index < -0.39 is 11.3 Å². The number of halogens is 1. The third-order valence-electron chi connectivity index (χ3n) is 6.01. The first-order valence-corrected chi connectivity index (χ1v) is 19.2. The molecular formula is C41H91FO4. The smallest absolute Gasteiger partial charge is 0.102 e. The fraction of sp³-hybridized carbons (Fsp3) is 1.00. The first-order valence-electron chi connectivity index (χ1n) is 19.2. The summed E-state index contributed by atoms with van der Waals surface area (Å²) in [5.74, 6) is 4.54. The fourth-order valence-electron chi connectivity index (χ4n) is 2.37. The lowest BCUT2D eigenvalue weighted by Crippen LogP contribution is -2.12. The maximum Gasteiger partial charge on any atom is 0.102 e. The van der Waals surface area contributed by atoms with Gasteiger partial charge in [0.1, 0.15) is 5.67 Å². The molecule has 2 atom stereocenters. The molecule has 5 heteroatoms. The first-order chi connectivity index (χ1) is 21.0. The van der Waals surface area contributed by atoms with Crippen LogP contribution in [0.3, 0.4) is 0 Å². The molecule has 1 aliphatic carbocycles. The molecule has 0 aromatic rings. The summed E-state index contributed by atoms with van der Waals surface area (Å²) < 4.78 is 27.0. The maximum absolute atomic E-state index is 11.7. The lowest BCUT2D eigenvalue weighted by atomic mass is 10.0. The number of rotatable bonds is 2. The van der Waals surface area contributed by atoms with Crippen LogP contribution in [0.2, 0.25) is 0 Å².